The van der Waals surface area contributed by atoms with Gasteiger partial charge in [-0.25, -0.2) is 0 Å². The molecule has 0 spiro atoms. The maximum absolute atomic E-state index is 12.2. The Bertz CT molecular complexity index is 236. The first-order valence-electron chi connectivity index (χ1n) is 4.67. The molecule has 90 valence electrons. The highest BCUT2D eigenvalue weighted by Crippen LogP contribution is 2.27. The Hall–Kier alpha value is 0.380. The molecule has 0 amide bonds. The lowest BCUT2D eigenvalue weighted by molar-refractivity contribution is -0.130. The first kappa shape index (κ1) is 13.4. The third-order valence-corrected chi connectivity index (χ3v) is 4.45. The molecule has 1 rings (SSSR count). The molecule has 0 aliphatic carbocycles. The van der Waals surface area contributed by atoms with Gasteiger partial charge in [0, 0.05) is 35.4 Å². The molecule has 1 fully saturated rings. The van der Waals surface area contributed by atoms with Crippen LogP contribution in [0.5, 0.6) is 0 Å². The smallest absolute Gasteiger partial charge is 0.301 e. The van der Waals surface area contributed by atoms with Crippen LogP contribution in [-0.4, -0.2) is 51.3 Å². The van der Waals surface area contributed by atoms with Gasteiger partial charge in [-0.05, 0) is 13.0 Å². The van der Waals surface area contributed by atoms with E-state index >= 15 is 0 Å². The SMILES string of the molecule is O=S1CCCN(CC(Br)C(F)(F)F)CC1. The largest absolute Gasteiger partial charge is 0.402 e. The van der Waals surface area contributed by atoms with Crippen molar-refractivity contribution >= 4 is 26.7 Å². The minimum Gasteiger partial charge on any atom is -0.301 e. The highest BCUT2D eigenvalue weighted by molar-refractivity contribution is 9.09. The van der Waals surface area contributed by atoms with Crippen LogP contribution >= 0.6 is 15.9 Å². The van der Waals surface area contributed by atoms with Crippen molar-refractivity contribution in [3.05, 3.63) is 0 Å². The summed E-state index contributed by atoms with van der Waals surface area (Å²) in [5.41, 5.74) is 0. The number of nitrogens with zero attached hydrogens (tertiary/aromatic N) is 1. The van der Waals surface area contributed by atoms with E-state index in [0.717, 1.165) is 0 Å². The Labute approximate surface area is 97.8 Å². The van der Waals surface area contributed by atoms with Crippen molar-refractivity contribution < 1.29 is 17.4 Å². The van der Waals surface area contributed by atoms with Crippen LogP contribution in [0.2, 0.25) is 0 Å². The Balaban J connectivity index is 2.41. The van der Waals surface area contributed by atoms with Crippen LogP contribution in [0.1, 0.15) is 6.42 Å². The van der Waals surface area contributed by atoms with Gasteiger partial charge in [0.25, 0.3) is 0 Å². The Morgan fingerprint density at radius 3 is 2.60 bits per heavy atom. The molecule has 0 saturated carbocycles. The van der Waals surface area contributed by atoms with Crippen LogP contribution < -0.4 is 0 Å². The molecule has 2 unspecified atom stereocenters. The zero-order valence-electron chi connectivity index (χ0n) is 8.10. The number of halogens is 4. The van der Waals surface area contributed by atoms with Crippen molar-refractivity contribution in [2.45, 2.75) is 17.4 Å². The summed E-state index contributed by atoms with van der Waals surface area (Å²) in [6.45, 7) is 1.04. The number of rotatable bonds is 2. The van der Waals surface area contributed by atoms with Crippen molar-refractivity contribution in [1.29, 1.82) is 0 Å². The summed E-state index contributed by atoms with van der Waals surface area (Å²) >= 11 is 2.63. The average Bonchev–Trinajstić information content (AvgIpc) is 2.29. The van der Waals surface area contributed by atoms with Gasteiger partial charge in [-0.1, -0.05) is 15.9 Å². The van der Waals surface area contributed by atoms with Gasteiger partial charge in [0.15, 0.2) is 0 Å². The highest BCUT2D eigenvalue weighted by Gasteiger charge is 2.38. The molecular weight excluding hydrogens is 295 g/mol. The van der Waals surface area contributed by atoms with Gasteiger partial charge in [0.1, 0.15) is 4.83 Å². The van der Waals surface area contributed by atoms with Gasteiger partial charge in [-0.2, -0.15) is 13.2 Å². The predicted molar refractivity (Wildman–Crippen MR) is 57.7 cm³/mol. The average molecular weight is 308 g/mol. The van der Waals surface area contributed by atoms with E-state index in [-0.39, 0.29) is 6.54 Å². The Morgan fingerprint density at radius 2 is 2.00 bits per heavy atom. The molecule has 0 aromatic heterocycles. The second-order valence-corrected chi connectivity index (χ2v) is 6.31. The molecule has 1 saturated heterocycles. The van der Waals surface area contributed by atoms with E-state index in [1.165, 1.54) is 0 Å². The van der Waals surface area contributed by atoms with Gasteiger partial charge in [-0.3, -0.25) is 4.21 Å². The first-order chi connectivity index (χ1) is 6.89. The van der Waals surface area contributed by atoms with E-state index in [2.05, 4.69) is 15.9 Å². The molecule has 0 radical (unpaired) electrons. The van der Waals surface area contributed by atoms with Gasteiger partial charge < -0.3 is 4.90 Å². The summed E-state index contributed by atoms with van der Waals surface area (Å²) in [4.78, 5) is 0.231. The molecule has 7 heteroatoms. The lowest BCUT2D eigenvalue weighted by Gasteiger charge is -2.23. The lowest BCUT2D eigenvalue weighted by Crippen LogP contribution is -2.38. The van der Waals surface area contributed by atoms with Crippen LogP contribution in [0.3, 0.4) is 0 Å². The van der Waals surface area contributed by atoms with Crippen molar-refractivity contribution in [2.24, 2.45) is 0 Å². The standard InChI is InChI=1S/C8H13BrF3NOS/c9-7(8(10,11)12)6-13-2-1-4-15(14)5-3-13/h7H,1-6H2. The second kappa shape index (κ2) is 5.63. The van der Waals surface area contributed by atoms with Crippen molar-refractivity contribution in [3.63, 3.8) is 0 Å². The monoisotopic (exact) mass is 307 g/mol. The van der Waals surface area contributed by atoms with E-state index in [1.54, 1.807) is 4.90 Å². The molecule has 1 aliphatic heterocycles. The van der Waals surface area contributed by atoms with Crippen LogP contribution in [0.15, 0.2) is 0 Å². The first-order valence-corrected chi connectivity index (χ1v) is 7.08. The van der Waals surface area contributed by atoms with Gasteiger partial charge in [0.05, 0.1) is 0 Å². The third kappa shape index (κ3) is 4.82. The van der Waals surface area contributed by atoms with Gasteiger partial charge >= 0.3 is 6.18 Å². The molecular formula is C8H13BrF3NOS. The fraction of sp³-hybridized carbons (Fsp3) is 1.00. The molecule has 1 aliphatic rings. The van der Waals surface area contributed by atoms with E-state index in [0.29, 0.717) is 31.0 Å². The molecule has 0 aromatic carbocycles. The van der Waals surface area contributed by atoms with Crippen molar-refractivity contribution in [1.82, 2.24) is 4.90 Å². The molecule has 15 heavy (non-hydrogen) atoms. The van der Waals surface area contributed by atoms with E-state index < -0.39 is 21.8 Å². The molecule has 0 aromatic rings. The van der Waals surface area contributed by atoms with Crippen LogP contribution in [-0.2, 0) is 10.8 Å². The lowest BCUT2D eigenvalue weighted by atomic mass is 10.3. The molecule has 2 atom stereocenters. The molecule has 2 nitrogen and oxygen atoms in total. The topological polar surface area (TPSA) is 20.3 Å². The number of hydrogen-bond donors (Lipinski definition) is 0. The van der Waals surface area contributed by atoms with Crippen LogP contribution in [0, 0.1) is 0 Å². The number of hydrogen-bond acceptors (Lipinski definition) is 2. The zero-order chi connectivity index (χ0) is 11.5. The quantitative estimate of drug-likeness (QED) is 0.725. The fourth-order valence-electron chi connectivity index (χ4n) is 1.41. The van der Waals surface area contributed by atoms with Crippen LogP contribution in [0.25, 0.3) is 0 Å². The van der Waals surface area contributed by atoms with Crippen molar-refractivity contribution in [3.8, 4) is 0 Å². The van der Waals surface area contributed by atoms with Crippen LogP contribution in [0.4, 0.5) is 13.2 Å². The maximum Gasteiger partial charge on any atom is 0.402 e. The molecule has 0 N–H and O–H groups in total. The summed E-state index contributed by atoms with van der Waals surface area (Å²) in [5.74, 6) is 1.09. The second-order valence-electron chi connectivity index (χ2n) is 3.51. The fourth-order valence-corrected chi connectivity index (χ4v) is 2.93. The minimum atomic E-state index is -4.20. The minimum absolute atomic E-state index is 0.0549. The van der Waals surface area contributed by atoms with E-state index in [4.69, 9.17) is 0 Å². The summed E-state index contributed by atoms with van der Waals surface area (Å²) in [5, 5.41) is 0. The summed E-state index contributed by atoms with van der Waals surface area (Å²) in [6, 6.07) is 0. The summed E-state index contributed by atoms with van der Waals surface area (Å²) < 4.78 is 47.9. The molecule has 1 heterocycles. The van der Waals surface area contributed by atoms with E-state index in [1.807, 2.05) is 0 Å². The Morgan fingerprint density at radius 1 is 1.33 bits per heavy atom. The number of alkyl halides is 4. The zero-order valence-corrected chi connectivity index (χ0v) is 10.5. The highest BCUT2D eigenvalue weighted by atomic mass is 79.9. The maximum atomic E-state index is 12.2. The summed E-state index contributed by atoms with van der Waals surface area (Å²) in [7, 11) is -0.852. The molecule has 0 bridgehead atoms. The predicted octanol–water partition coefficient (Wildman–Crippen LogP) is 1.77. The normalized spacial score (nSPS) is 27.3. The van der Waals surface area contributed by atoms with Gasteiger partial charge in [0.2, 0.25) is 0 Å². The van der Waals surface area contributed by atoms with Crippen molar-refractivity contribution in [2.75, 3.05) is 31.1 Å². The third-order valence-electron chi connectivity index (χ3n) is 2.26. The summed E-state index contributed by atoms with van der Waals surface area (Å²) in [6.07, 6.45) is -3.49. The van der Waals surface area contributed by atoms with E-state index in [9.17, 15) is 17.4 Å². The Kier molecular flexibility index (Phi) is 5.05. The van der Waals surface area contributed by atoms with Gasteiger partial charge in [-0.15, -0.1) is 0 Å².